The molecular weight excluding hydrogens is 208 g/mol. The molecule has 0 heterocycles. The molecule has 0 spiro atoms. The van der Waals surface area contributed by atoms with E-state index in [1.54, 1.807) is 0 Å². The Morgan fingerprint density at radius 1 is 0.941 bits per heavy atom. The SMILES string of the molecule is C[C@@H]1C/C=C\CCCCCCCCCC(=O)C1. The van der Waals surface area contributed by atoms with Crippen molar-refractivity contribution in [1.82, 2.24) is 0 Å². The summed E-state index contributed by atoms with van der Waals surface area (Å²) in [6, 6.07) is 0. The third-order valence-corrected chi connectivity index (χ3v) is 3.61. The van der Waals surface area contributed by atoms with Gasteiger partial charge in [0.2, 0.25) is 0 Å². The van der Waals surface area contributed by atoms with Crippen LogP contribution in [0, 0.1) is 5.92 Å². The van der Waals surface area contributed by atoms with Gasteiger partial charge in [-0.05, 0) is 31.6 Å². The lowest BCUT2D eigenvalue weighted by Gasteiger charge is -2.07. The zero-order chi connectivity index (χ0) is 12.3. The first-order valence-corrected chi connectivity index (χ1v) is 7.45. The third-order valence-electron chi connectivity index (χ3n) is 3.61. The van der Waals surface area contributed by atoms with E-state index >= 15 is 0 Å². The molecule has 1 aliphatic rings. The van der Waals surface area contributed by atoms with E-state index in [1.807, 2.05) is 0 Å². The maximum atomic E-state index is 11.7. The molecule has 0 radical (unpaired) electrons. The molecule has 1 heteroatoms. The van der Waals surface area contributed by atoms with Gasteiger partial charge in [0, 0.05) is 12.8 Å². The topological polar surface area (TPSA) is 17.1 Å². The molecular formula is C16H28O. The largest absolute Gasteiger partial charge is 0.300 e. The highest BCUT2D eigenvalue weighted by Crippen LogP contribution is 2.15. The van der Waals surface area contributed by atoms with Crippen LogP contribution in [0.5, 0.6) is 0 Å². The van der Waals surface area contributed by atoms with E-state index in [0.717, 1.165) is 25.7 Å². The second-order valence-electron chi connectivity index (χ2n) is 5.57. The third kappa shape index (κ3) is 8.18. The molecule has 1 nitrogen and oxygen atoms in total. The highest BCUT2D eigenvalue weighted by atomic mass is 16.1. The van der Waals surface area contributed by atoms with Crippen LogP contribution >= 0.6 is 0 Å². The fourth-order valence-corrected chi connectivity index (χ4v) is 2.49. The standard InChI is InChI=1S/C16H28O/c1-15-12-10-8-6-4-2-3-5-7-9-11-13-16(17)14-15/h8,10,15H,2-7,9,11-14H2,1H3/b10-8-/t15-/m1/s1. The zero-order valence-corrected chi connectivity index (χ0v) is 11.4. The smallest absolute Gasteiger partial charge is 0.133 e. The molecule has 1 aliphatic carbocycles. The van der Waals surface area contributed by atoms with Crippen molar-refractivity contribution in [3.8, 4) is 0 Å². The first kappa shape index (κ1) is 14.5. The summed E-state index contributed by atoms with van der Waals surface area (Å²) in [5.74, 6) is 1.00. The lowest BCUT2D eigenvalue weighted by molar-refractivity contribution is -0.119. The van der Waals surface area contributed by atoms with Crippen molar-refractivity contribution in [2.75, 3.05) is 0 Å². The lowest BCUT2D eigenvalue weighted by atomic mass is 9.97. The summed E-state index contributed by atoms with van der Waals surface area (Å²) >= 11 is 0. The first-order valence-electron chi connectivity index (χ1n) is 7.45. The van der Waals surface area contributed by atoms with Crippen LogP contribution in [0.2, 0.25) is 0 Å². The number of ketones is 1. The molecule has 0 aromatic carbocycles. The Bertz CT molecular complexity index is 230. The minimum absolute atomic E-state index is 0.473. The Morgan fingerprint density at radius 3 is 2.35 bits per heavy atom. The van der Waals surface area contributed by atoms with E-state index in [1.165, 1.54) is 44.9 Å². The van der Waals surface area contributed by atoms with Gasteiger partial charge in [0.1, 0.15) is 5.78 Å². The van der Waals surface area contributed by atoms with Crippen molar-refractivity contribution < 1.29 is 4.79 Å². The molecule has 0 N–H and O–H groups in total. The predicted octanol–water partition coefficient (Wildman–Crippen LogP) is 5.05. The highest BCUT2D eigenvalue weighted by Gasteiger charge is 2.07. The molecule has 0 amide bonds. The van der Waals surface area contributed by atoms with Crippen LogP contribution < -0.4 is 0 Å². The van der Waals surface area contributed by atoms with Crippen LogP contribution in [0.25, 0.3) is 0 Å². The highest BCUT2D eigenvalue weighted by molar-refractivity contribution is 5.78. The van der Waals surface area contributed by atoms with Crippen molar-refractivity contribution in [3.05, 3.63) is 12.2 Å². The molecule has 0 fully saturated rings. The molecule has 1 rings (SSSR count). The average molecular weight is 236 g/mol. The van der Waals surface area contributed by atoms with Crippen molar-refractivity contribution in [1.29, 1.82) is 0 Å². The molecule has 0 bridgehead atoms. The number of carbonyl (C=O) groups is 1. The van der Waals surface area contributed by atoms with E-state index < -0.39 is 0 Å². The minimum Gasteiger partial charge on any atom is -0.300 e. The fourth-order valence-electron chi connectivity index (χ4n) is 2.49. The van der Waals surface area contributed by atoms with Crippen molar-refractivity contribution in [2.24, 2.45) is 5.92 Å². The number of hydrogen-bond donors (Lipinski definition) is 0. The molecule has 1 atom stereocenters. The van der Waals surface area contributed by atoms with Crippen LogP contribution in [0.15, 0.2) is 12.2 Å². The fraction of sp³-hybridized carbons (Fsp3) is 0.812. The molecule has 0 aromatic rings. The van der Waals surface area contributed by atoms with E-state index in [0.29, 0.717) is 11.7 Å². The van der Waals surface area contributed by atoms with Gasteiger partial charge in [-0.15, -0.1) is 0 Å². The van der Waals surface area contributed by atoms with Crippen molar-refractivity contribution >= 4 is 5.78 Å². The van der Waals surface area contributed by atoms with E-state index in [9.17, 15) is 4.79 Å². The summed E-state index contributed by atoms with van der Waals surface area (Å²) in [6.07, 6.45) is 17.6. The molecule has 0 aliphatic heterocycles. The maximum Gasteiger partial charge on any atom is 0.133 e. The van der Waals surface area contributed by atoms with Crippen LogP contribution in [0.1, 0.15) is 77.6 Å². The number of hydrogen-bond acceptors (Lipinski definition) is 1. The summed E-state index contributed by atoms with van der Waals surface area (Å²) in [7, 11) is 0. The molecule has 0 saturated carbocycles. The number of allylic oxidation sites excluding steroid dienone is 2. The van der Waals surface area contributed by atoms with Gasteiger partial charge in [0.05, 0.1) is 0 Å². The number of carbonyl (C=O) groups excluding carboxylic acids is 1. The van der Waals surface area contributed by atoms with Crippen molar-refractivity contribution in [3.63, 3.8) is 0 Å². The Balaban J connectivity index is 2.31. The Hall–Kier alpha value is -0.590. The van der Waals surface area contributed by atoms with E-state index in [-0.39, 0.29) is 0 Å². The Morgan fingerprint density at radius 2 is 1.59 bits per heavy atom. The van der Waals surface area contributed by atoms with Crippen LogP contribution in [-0.2, 0) is 4.79 Å². The summed E-state index contributed by atoms with van der Waals surface area (Å²) < 4.78 is 0. The summed E-state index contributed by atoms with van der Waals surface area (Å²) in [4.78, 5) is 11.7. The molecule has 17 heavy (non-hydrogen) atoms. The van der Waals surface area contributed by atoms with Gasteiger partial charge in [0.15, 0.2) is 0 Å². The summed E-state index contributed by atoms with van der Waals surface area (Å²) in [5, 5.41) is 0. The summed E-state index contributed by atoms with van der Waals surface area (Å²) in [6.45, 7) is 2.19. The predicted molar refractivity (Wildman–Crippen MR) is 74.1 cm³/mol. The quantitative estimate of drug-likeness (QED) is 0.538. The maximum absolute atomic E-state index is 11.7. The Kier molecular flexibility index (Phi) is 8.04. The second kappa shape index (κ2) is 9.44. The average Bonchev–Trinajstić information content (AvgIpc) is 2.30. The molecule has 0 saturated heterocycles. The van der Waals surface area contributed by atoms with Crippen LogP contribution in [0.4, 0.5) is 0 Å². The van der Waals surface area contributed by atoms with Gasteiger partial charge in [-0.2, -0.15) is 0 Å². The van der Waals surface area contributed by atoms with Gasteiger partial charge in [-0.25, -0.2) is 0 Å². The normalized spacial score (nSPS) is 28.1. The zero-order valence-electron chi connectivity index (χ0n) is 11.4. The summed E-state index contributed by atoms with van der Waals surface area (Å²) in [5.41, 5.74) is 0. The van der Waals surface area contributed by atoms with Gasteiger partial charge >= 0.3 is 0 Å². The van der Waals surface area contributed by atoms with Gasteiger partial charge < -0.3 is 0 Å². The Labute approximate surface area is 107 Å². The van der Waals surface area contributed by atoms with E-state index in [4.69, 9.17) is 0 Å². The second-order valence-corrected chi connectivity index (χ2v) is 5.57. The number of Topliss-reactive ketones (excluding diaryl/α,β-unsaturated/α-hetero) is 1. The van der Waals surface area contributed by atoms with E-state index in [2.05, 4.69) is 19.1 Å². The van der Waals surface area contributed by atoms with Gasteiger partial charge in [-0.1, -0.05) is 51.2 Å². The minimum atomic E-state index is 0.473. The van der Waals surface area contributed by atoms with Gasteiger partial charge in [0.25, 0.3) is 0 Å². The molecule has 0 unspecified atom stereocenters. The van der Waals surface area contributed by atoms with Crippen LogP contribution in [-0.4, -0.2) is 5.78 Å². The lowest BCUT2D eigenvalue weighted by Crippen LogP contribution is -2.04. The first-order chi connectivity index (χ1) is 8.29. The monoisotopic (exact) mass is 236 g/mol. The molecule has 0 aromatic heterocycles. The van der Waals surface area contributed by atoms with Gasteiger partial charge in [-0.3, -0.25) is 4.79 Å². The molecule has 98 valence electrons. The van der Waals surface area contributed by atoms with Crippen LogP contribution in [0.3, 0.4) is 0 Å². The number of rotatable bonds is 0. The van der Waals surface area contributed by atoms with Crippen molar-refractivity contribution in [2.45, 2.75) is 77.6 Å².